The van der Waals surface area contributed by atoms with E-state index in [1.165, 1.54) is 0 Å². The molecule has 3 aliphatic rings. The van der Waals surface area contributed by atoms with Crippen LogP contribution >= 0.6 is 0 Å². The van der Waals surface area contributed by atoms with Crippen LogP contribution in [0.25, 0.3) is 11.0 Å². The first-order valence-electron chi connectivity index (χ1n) is 12.9. The molecular weight excluding hydrogens is 460 g/mol. The quantitative estimate of drug-likeness (QED) is 0.446. The second-order valence-corrected chi connectivity index (χ2v) is 10.0. The number of nitrogens with two attached hydrogens (primary N) is 1. The van der Waals surface area contributed by atoms with Crippen molar-refractivity contribution in [2.24, 2.45) is 17.8 Å². The predicted octanol–water partition coefficient (Wildman–Crippen LogP) is 3.38. The summed E-state index contributed by atoms with van der Waals surface area (Å²) in [7, 11) is 1.95. The number of imidazole rings is 1. The number of amides is 1. The van der Waals surface area contributed by atoms with Crippen molar-refractivity contribution >= 4 is 28.6 Å². The predicted molar refractivity (Wildman–Crippen MR) is 137 cm³/mol. The average Bonchev–Trinajstić information content (AvgIpc) is 3.41. The van der Waals surface area contributed by atoms with Crippen molar-refractivity contribution in [3.05, 3.63) is 30.7 Å². The molecule has 3 heterocycles. The van der Waals surface area contributed by atoms with Gasteiger partial charge in [0.25, 0.3) is 0 Å². The Labute approximate surface area is 211 Å². The number of nitrogens with one attached hydrogen (secondary N) is 1. The topological polar surface area (TPSA) is 116 Å². The lowest BCUT2D eigenvalue weighted by Crippen LogP contribution is -2.40. The second kappa shape index (κ2) is 10.8. The number of aromatic nitrogens is 2. The van der Waals surface area contributed by atoms with Crippen LogP contribution in [-0.2, 0) is 16.5 Å². The number of hydrogen-bond acceptors (Lipinski definition) is 7. The molecule has 2 saturated heterocycles. The van der Waals surface area contributed by atoms with Gasteiger partial charge in [0.2, 0.25) is 0 Å². The molecule has 10 nitrogen and oxygen atoms in total. The first-order chi connectivity index (χ1) is 17.5. The fraction of sp³-hybridized carbons (Fsp3) is 0.577. The first-order valence-corrected chi connectivity index (χ1v) is 12.9. The zero-order valence-corrected chi connectivity index (χ0v) is 21.1. The maximum absolute atomic E-state index is 12.1. The van der Waals surface area contributed by atoms with Gasteiger partial charge >= 0.3 is 6.09 Å². The van der Waals surface area contributed by atoms with Gasteiger partial charge in [-0.2, -0.15) is 0 Å². The lowest BCUT2D eigenvalue weighted by Gasteiger charge is -2.33. The van der Waals surface area contributed by atoms with Crippen molar-refractivity contribution in [3.8, 4) is 5.75 Å². The lowest BCUT2D eigenvalue weighted by atomic mass is 9.92. The summed E-state index contributed by atoms with van der Waals surface area (Å²) in [5, 5.41) is 3.33. The van der Waals surface area contributed by atoms with E-state index in [-0.39, 0.29) is 24.3 Å². The van der Waals surface area contributed by atoms with Crippen LogP contribution < -0.4 is 15.8 Å². The summed E-state index contributed by atoms with van der Waals surface area (Å²) < 4.78 is 19.2. The molecule has 194 valence electrons. The van der Waals surface area contributed by atoms with Crippen LogP contribution in [-0.4, -0.2) is 70.4 Å². The number of carbonyl (C=O) groups is 1. The van der Waals surface area contributed by atoms with Crippen LogP contribution in [0.1, 0.15) is 45.4 Å². The third-order valence-corrected chi connectivity index (χ3v) is 7.16. The molecule has 1 saturated carbocycles. The molecule has 0 unspecified atom stereocenters. The molecule has 0 spiro atoms. The first kappa shape index (κ1) is 24.4. The van der Waals surface area contributed by atoms with Crippen molar-refractivity contribution < 1.29 is 19.0 Å². The zero-order valence-electron chi connectivity index (χ0n) is 21.1. The zero-order chi connectivity index (χ0) is 25.1. The molecule has 0 bridgehead atoms. The van der Waals surface area contributed by atoms with Gasteiger partial charge in [0.1, 0.15) is 23.2 Å². The third-order valence-electron chi connectivity index (χ3n) is 7.16. The summed E-state index contributed by atoms with van der Waals surface area (Å²) >= 11 is 0. The van der Waals surface area contributed by atoms with Crippen LogP contribution in [0.3, 0.4) is 0 Å². The van der Waals surface area contributed by atoms with E-state index in [9.17, 15) is 4.79 Å². The normalized spacial score (nSPS) is 27.6. The number of amidine groups is 1. The van der Waals surface area contributed by atoms with Gasteiger partial charge in [0, 0.05) is 44.1 Å². The van der Waals surface area contributed by atoms with Crippen molar-refractivity contribution in [1.82, 2.24) is 19.8 Å². The SMILES string of the molecule is C[C@H]1CN(C2CCC(Oc3cc(N=C(N)/C=C\N[C@H]4CCCOC4)c4ncn(C)c4c3)CC2)C(=O)O1. The molecule has 36 heavy (non-hydrogen) atoms. The minimum absolute atomic E-state index is 0.0320. The Morgan fingerprint density at radius 1 is 1.28 bits per heavy atom. The monoisotopic (exact) mass is 496 g/mol. The van der Waals surface area contributed by atoms with E-state index in [1.54, 1.807) is 12.4 Å². The van der Waals surface area contributed by atoms with Gasteiger partial charge in [-0.25, -0.2) is 14.8 Å². The van der Waals surface area contributed by atoms with Gasteiger partial charge in [-0.15, -0.1) is 0 Å². The standard InChI is InChI=1S/C26H36N6O4/c1-17-14-32(26(33)35-17)19-5-7-20(8-6-19)36-21-12-22(25-23(13-21)31(2)16-29-25)30-24(27)9-10-28-18-4-3-11-34-15-18/h9-10,12-13,16-20,28H,3-8,11,14-15H2,1-2H3,(H2,27,30)/b10-9-/t17-,18-,19?,20?/m0/s1. The van der Waals surface area contributed by atoms with Gasteiger partial charge in [-0.3, -0.25) is 0 Å². The number of fused-ring (bicyclic) bond motifs is 1. The molecule has 3 fully saturated rings. The number of hydrogen-bond donors (Lipinski definition) is 2. The molecule has 2 aromatic rings. The van der Waals surface area contributed by atoms with Crippen LogP contribution in [0, 0.1) is 0 Å². The van der Waals surface area contributed by atoms with E-state index in [2.05, 4.69) is 15.3 Å². The smallest absolute Gasteiger partial charge is 0.410 e. The summed E-state index contributed by atoms with van der Waals surface area (Å²) in [6, 6.07) is 4.44. The Balaban J connectivity index is 1.25. The van der Waals surface area contributed by atoms with Crippen LogP contribution in [0.4, 0.5) is 10.5 Å². The molecule has 1 amide bonds. The van der Waals surface area contributed by atoms with Gasteiger partial charge in [0.05, 0.1) is 36.8 Å². The number of nitrogens with zero attached hydrogens (tertiary/aromatic N) is 4. The molecule has 10 heteroatoms. The summed E-state index contributed by atoms with van der Waals surface area (Å²) in [4.78, 5) is 23.1. The molecule has 2 atom stereocenters. The van der Waals surface area contributed by atoms with E-state index < -0.39 is 0 Å². The highest BCUT2D eigenvalue weighted by atomic mass is 16.6. The van der Waals surface area contributed by atoms with Crippen LogP contribution in [0.15, 0.2) is 35.7 Å². The van der Waals surface area contributed by atoms with Crippen LogP contribution in [0.2, 0.25) is 0 Å². The van der Waals surface area contributed by atoms with Gasteiger partial charge < -0.3 is 34.7 Å². The Kier molecular flexibility index (Phi) is 7.31. The highest BCUT2D eigenvalue weighted by Crippen LogP contribution is 2.34. The highest BCUT2D eigenvalue weighted by molar-refractivity contribution is 5.97. The third kappa shape index (κ3) is 5.59. The molecule has 1 aromatic heterocycles. The Hall–Kier alpha value is -3.27. The van der Waals surface area contributed by atoms with Gasteiger partial charge in [-0.05, 0) is 51.5 Å². The van der Waals surface area contributed by atoms with Crippen molar-refractivity contribution in [3.63, 3.8) is 0 Å². The van der Waals surface area contributed by atoms with E-state index in [0.717, 1.165) is 61.9 Å². The Bertz CT molecular complexity index is 1130. The molecular formula is C26H36N6O4. The Morgan fingerprint density at radius 2 is 2.11 bits per heavy atom. The van der Waals surface area contributed by atoms with Crippen molar-refractivity contribution in [2.75, 3.05) is 19.8 Å². The highest BCUT2D eigenvalue weighted by Gasteiger charge is 2.36. The fourth-order valence-electron chi connectivity index (χ4n) is 5.25. The molecule has 2 aliphatic heterocycles. The minimum Gasteiger partial charge on any atom is -0.490 e. The second-order valence-electron chi connectivity index (χ2n) is 10.0. The van der Waals surface area contributed by atoms with Gasteiger partial charge in [0.15, 0.2) is 0 Å². The molecule has 3 N–H and O–H groups in total. The summed E-state index contributed by atoms with van der Waals surface area (Å²) in [6.07, 6.45) is 10.9. The number of aliphatic imine (C=N–C) groups is 1. The van der Waals surface area contributed by atoms with E-state index in [4.69, 9.17) is 19.9 Å². The number of ether oxygens (including phenoxy) is 3. The van der Waals surface area contributed by atoms with Crippen molar-refractivity contribution in [2.45, 2.75) is 69.7 Å². The number of aryl methyl sites for hydroxylation is 1. The number of benzene rings is 1. The van der Waals surface area contributed by atoms with Gasteiger partial charge in [-0.1, -0.05) is 0 Å². The van der Waals surface area contributed by atoms with Crippen molar-refractivity contribution in [1.29, 1.82) is 0 Å². The fourth-order valence-corrected chi connectivity index (χ4v) is 5.25. The number of carbonyl (C=O) groups excluding carboxylic acids is 1. The van der Waals surface area contributed by atoms with E-state index >= 15 is 0 Å². The van der Waals surface area contributed by atoms with Crippen LogP contribution in [0.5, 0.6) is 5.75 Å². The average molecular weight is 497 g/mol. The molecule has 1 aromatic carbocycles. The maximum atomic E-state index is 12.1. The lowest BCUT2D eigenvalue weighted by molar-refractivity contribution is 0.0747. The summed E-state index contributed by atoms with van der Waals surface area (Å²) in [5.74, 6) is 1.13. The molecule has 1 aliphatic carbocycles. The largest absolute Gasteiger partial charge is 0.490 e. The maximum Gasteiger partial charge on any atom is 0.410 e. The summed E-state index contributed by atoms with van der Waals surface area (Å²) in [6.45, 7) is 4.15. The summed E-state index contributed by atoms with van der Waals surface area (Å²) in [5.41, 5.74) is 8.61. The number of cyclic esters (lactones) is 1. The van der Waals surface area contributed by atoms with E-state index in [0.29, 0.717) is 30.7 Å². The Morgan fingerprint density at radius 3 is 2.83 bits per heavy atom. The molecule has 0 radical (unpaired) electrons. The number of rotatable bonds is 7. The van der Waals surface area contributed by atoms with E-state index in [1.807, 2.05) is 41.8 Å². The molecule has 5 rings (SSSR count). The minimum atomic E-state index is -0.190.